The Labute approximate surface area is 119 Å². The molecule has 3 rings (SSSR count). The first kappa shape index (κ1) is 12.7. The first-order valence-corrected chi connectivity index (χ1v) is 7.82. The third-order valence-electron chi connectivity index (χ3n) is 2.89. The molecule has 1 aliphatic rings. The maximum absolute atomic E-state index is 11.5. The highest BCUT2D eigenvalue weighted by atomic mass is 32.2. The van der Waals surface area contributed by atoms with Gasteiger partial charge in [0.15, 0.2) is 5.16 Å². The molecular formula is C12H13N3O2S2. The van der Waals surface area contributed by atoms with E-state index in [1.807, 2.05) is 4.57 Å². The molecular weight excluding hydrogens is 282 g/mol. The lowest BCUT2D eigenvalue weighted by Crippen LogP contribution is -2.11. The summed E-state index contributed by atoms with van der Waals surface area (Å²) in [5.41, 5.74) is 0. The van der Waals surface area contributed by atoms with E-state index in [0.29, 0.717) is 6.61 Å². The van der Waals surface area contributed by atoms with E-state index in [2.05, 4.69) is 27.7 Å². The van der Waals surface area contributed by atoms with Gasteiger partial charge in [0.1, 0.15) is 11.6 Å². The van der Waals surface area contributed by atoms with Gasteiger partial charge in [-0.2, -0.15) is 0 Å². The highest BCUT2D eigenvalue weighted by Crippen LogP contribution is 2.28. The van der Waals surface area contributed by atoms with Crippen molar-refractivity contribution in [3.63, 3.8) is 0 Å². The molecule has 3 heterocycles. The van der Waals surface area contributed by atoms with E-state index < -0.39 is 0 Å². The maximum Gasteiger partial charge on any atom is 0.319 e. The zero-order chi connectivity index (χ0) is 13.1. The van der Waals surface area contributed by atoms with Crippen LogP contribution in [0.1, 0.15) is 11.3 Å². The second-order valence-corrected chi connectivity index (χ2v) is 6.40. The average Bonchev–Trinajstić information content (AvgIpc) is 3.12. The number of hydrogen-bond acceptors (Lipinski definition) is 6. The fourth-order valence-corrected chi connectivity index (χ4v) is 3.59. The molecule has 2 aromatic rings. The van der Waals surface area contributed by atoms with Gasteiger partial charge in [0.25, 0.3) is 0 Å². The minimum atomic E-state index is -0.141. The topological polar surface area (TPSA) is 57.0 Å². The normalized spacial score (nSPS) is 18.7. The lowest BCUT2D eigenvalue weighted by Gasteiger charge is -2.07. The Hall–Kier alpha value is -1.34. The number of cyclic esters (lactones) is 1. The number of carbonyl (C=O) groups excluding carboxylic acids is 1. The molecule has 1 atom stereocenters. The van der Waals surface area contributed by atoms with Gasteiger partial charge in [0, 0.05) is 17.8 Å². The first-order valence-electron chi connectivity index (χ1n) is 6.06. The van der Waals surface area contributed by atoms with Gasteiger partial charge in [0.05, 0.1) is 6.61 Å². The first-order chi connectivity index (χ1) is 9.33. The van der Waals surface area contributed by atoms with Crippen molar-refractivity contribution in [1.82, 2.24) is 14.8 Å². The molecule has 0 spiro atoms. The predicted octanol–water partition coefficient (Wildman–Crippen LogP) is 1.99. The lowest BCUT2D eigenvalue weighted by molar-refractivity contribution is -0.137. The summed E-state index contributed by atoms with van der Waals surface area (Å²) in [5, 5.41) is 10.8. The van der Waals surface area contributed by atoms with Crippen molar-refractivity contribution in [2.24, 2.45) is 0 Å². The van der Waals surface area contributed by atoms with Crippen LogP contribution in [0, 0.1) is 0 Å². The number of thioether (sulfide) groups is 1. The van der Waals surface area contributed by atoms with Crippen LogP contribution in [0.4, 0.5) is 0 Å². The average molecular weight is 295 g/mol. The monoisotopic (exact) mass is 295 g/mol. The maximum atomic E-state index is 11.5. The molecule has 0 N–H and O–H groups in total. The van der Waals surface area contributed by atoms with Crippen molar-refractivity contribution in [3.8, 4) is 0 Å². The van der Waals surface area contributed by atoms with E-state index >= 15 is 0 Å². The Morgan fingerprint density at radius 2 is 2.53 bits per heavy atom. The van der Waals surface area contributed by atoms with E-state index in [9.17, 15) is 4.79 Å². The molecule has 5 nitrogen and oxygen atoms in total. The summed E-state index contributed by atoms with van der Waals surface area (Å²) in [6.07, 6.45) is 3.43. The number of hydrogen-bond donors (Lipinski definition) is 0. The van der Waals surface area contributed by atoms with Crippen LogP contribution in [0.5, 0.6) is 0 Å². The van der Waals surface area contributed by atoms with Gasteiger partial charge in [-0.05, 0) is 17.9 Å². The molecule has 2 aromatic heterocycles. The summed E-state index contributed by atoms with van der Waals surface area (Å²) in [7, 11) is 0. The highest BCUT2D eigenvalue weighted by Gasteiger charge is 2.29. The standard InChI is InChI=1S/C12H13N3O2S2/c16-11-10(4-6-17-11)19-12-14-13-8-15(12)5-3-9-2-1-7-18-9/h1-2,7-8,10H,3-6H2/t10-/m1/s1. The zero-order valence-electron chi connectivity index (χ0n) is 10.2. The fourth-order valence-electron chi connectivity index (χ4n) is 1.89. The predicted molar refractivity (Wildman–Crippen MR) is 73.3 cm³/mol. The van der Waals surface area contributed by atoms with Gasteiger partial charge in [-0.15, -0.1) is 21.5 Å². The van der Waals surface area contributed by atoms with Crippen LogP contribution >= 0.6 is 23.1 Å². The number of ether oxygens (including phenoxy) is 1. The highest BCUT2D eigenvalue weighted by molar-refractivity contribution is 8.00. The Morgan fingerprint density at radius 3 is 3.26 bits per heavy atom. The van der Waals surface area contributed by atoms with Crippen LogP contribution < -0.4 is 0 Å². The quantitative estimate of drug-likeness (QED) is 0.790. The molecule has 1 aliphatic heterocycles. The van der Waals surface area contributed by atoms with Crippen molar-refractivity contribution in [2.75, 3.05) is 6.61 Å². The summed E-state index contributed by atoms with van der Waals surface area (Å²) in [5.74, 6) is -0.141. The number of carbonyl (C=O) groups is 1. The summed E-state index contributed by atoms with van der Waals surface area (Å²) in [6.45, 7) is 1.34. The van der Waals surface area contributed by atoms with Gasteiger partial charge in [-0.3, -0.25) is 4.79 Å². The van der Waals surface area contributed by atoms with Crippen molar-refractivity contribution < 1.29 is 9.53 Å². The number of aromatic nitrogens is 3. The van der Waals surface area contributed by atoms with Gasteiger partial charge < -0.3 is 9.30 Å². The molecule has 0 amide bonds. The van der Waals surface area contributed by atoms with Crippen molar-refractivity contribution in [2.45, 2.75) is 29.8 Å². The number of thiophene rings is 1. The van der Waals surface area contributed by atoms with Crippen LogP contribution in [0.25, 0.3) is 0 Å². The molecule has 100 valence electrons. The van der Waals surface area contributed by atoms with E-state index in [1.165, 1.54) is 16.6 Å². The Morgan fingerprint density at radius 1 is 1.58 bits per heavy atom. The largest absolute Gasteiger partial charge is 0.465 e. The van der Waals surface area contributed by atoms with Gasteiger partial charge in [0.2, 0.25) is 0 Å². The molecule has 0 radical (unpaired) electrons. The molecule has 0 unspecified atom stereocenters. The van der Waals surface area contributed by atoms with Crippen molar-refractivity contribution in [1.29, 1.82) is 0 Å². The molecule has 1 saturated heterocycles. The fraction of sp³-hybridized carbons (Fsp3) is 0.417. The molecule has 0 aliphatic carbocycles. The third kappa shape index (κ3) is 2.98. The smallest absolute Gasteiger partial charge is 0.319 e. The van der Waals surface area contributed by atoms with Crippen molar-refractivity contribution in [3.05, 3.63) is 28.7 Å². The van der Waals surface area contributed by atoms with E-state index in [4.69, 9.17) is 4.74 Å². The zero-order valence-corrected chi connectivity index (χ0v) is 11.8. The van der Waals surface area contributed by atoms with E-state index in [1.54, 1.807) is 17.7 Å². The van der Waals surface area contributed by atoms with Crippen molar-refractivity contribution >= 4 is 29.1 Å². The molecule has 0 saturated carbocycles. The summed E-state index contributed by atoms with van der Waals surface area (Å²) in [6, 6.07) is 4.17. The third-order valence-corrected chi connectivity index (χ3v) is 5.07. The second kappa shape index (κ2) is 5.75. The van der Waals surface area contributed by atoms with Crippen LogP contribution in [0.3, 0.4) is 0 Å². The molecule has 19 heavy (non-hydrogen) atoms. The SMILES string of the molecule is O=C1OCC[C@H]1Sc1nncn1CCc1cccs1. The summed E-state index contributed by atoms with van der Waals surface area (Å²) >= 11 is 3.20. The Balaban J connectivity index is 1.63. The lowest BCUT2D eigenvalue weighted by atomic mass is 10.3. The molecule has 0 bridgehead atoms. The second-order valence-electron chi connectivity index (χ2n) is 4.20. The Kier molecular flexibility index (Phi) is 3.84. The van der Waals surface area contributed by atoms with E-state index in [-0.39, 0.29) is 11.2 Å². The van der Waals surface area contributed by atoms with E-state index in [0.717, 1.165) is 24.5 Å². The number of nitrogens with zero attached hydrogens (tertiary/aromatic N) is 3. The Bertz CT molecular complexity index is 553. The minimum Gasteiger partial charge on any atom is -0.465 e. The number of esters is 1. The van der Waals surface area contributed by atoms with Gasteiger partial charge in [-0.1, -0.05) is 17.8 Å². The van der Waals surface area contributed by atoms with Crippen LogP contribution in [-0.4, -0.2) is 32.6 Å². The molecule has 1 fully saturated rings. The number of rotatable bonds is 5. The van der Waals surface area contributed by atoms with Gasteiger partial charge in [-0.25, -0.2) is 0 Å². The summed E-state index contributed by atoms with van der Waals surface area (Å²) in [4.78, 5) is 12.8. The number of aryl methyl sites for hydroxylation is 2. The minimum absolute atomic E-state index is 0.135. The van der Waals surface area contributed by atoms with Crippen LogP contribution in [0.2, 0.25) is 0 Å². The summed E-state index contributed by atoms with van der Waals surface area (Å²) < 4.78 is 6.95. The molecule has 0 aromatic carbocycles. The van der Waals surface area contributed by atoms with Crippen LogP contribution in [-0.2, 0) is 22.5 Å². The van der Waals surface area contributed by atoms with Crippen LogP contribution in [0.15, 0.2) is 29.0 Å². The molecule has 7 heteroatoms. The van der Waals surface area contributed by atoms with Gasteiger partial charge >= 0.3 is 5.97 Å².